The van der Waals surface area contributed by atoms with Gasteiger partial charge in [0.1, 0.15) is 0 Å². The van der Waals surface area contributed by atoms with Crippen LogP contribution in [0.15, 0.2) is 64.5 Å². The topological polar surface area (TPSA) is 34.9 Å². The molecule has 3 nitrogen and oxygen atoms in total. The number of nitrogens with zero attached hydrogens (tertiary/aromatic N) is 2. The summed E-state index contributed by atoms with van der Waals surface area (Å²) in [6, 6.07) is 18.9. The van der Waals surface area contributed by atoms with Crippen LogP contribution < -0.4 is 5.56 Å². The third-order valence-electron chi connectivity index (χ3n) is 6.60. The van der Waals surface area contributed by atoms with Gasteiger partial charge in [0.05, 0.1) is 11.3 Å². The number of fused-ring (bicyclic) bond motifs is 4. The van der Waals surface area contributed by atoms with E-state index in [-0.39, 0.29) is 11.0 Å². The minimum atomic E-state index is -0.0353. The van der Waals surface area contributed by atoms with Gasteiger partial charge >= 0.3 is 0 Å². The van der Waals surface area contributed by atoms with E-state index in [0.29, 0.717) is 0 Å². The van der Waals surface area contributed by atoms with Gasteiger partial charge in [-0.25, -0.2) is 4.98 Å². The highest BCUT2D eigenvalue weighted by molar-refractivity contribution is 7.98. The highest BCUT2D eigenvalue weighted by atomic mass is 32.2. The number of rotatable bonds is 3. The molecule has 0 amide bonds. The predicted molar refractivity (Wildman–Crippen MR) is 119 cm³/mol. The molecule has 1 aromatic heterocycles. The lowest BCUT2D eigenvalue weighted by atomic mass is 9.62. The molecule has 1 spiro atoms. The second-order valence-electron chi connectivity index (χ2n) is 8.43. The van der Waals surface area contributed by atoms with Crippen LogP contribution in [0.1, 0.15) is 48.8 Å². The summed E-state index contributed by atoms with van der Waals surface area (Å²) in [6.07, 6.45) is 6.86. The lowest BCUT2D eigenvalue weighted by Gasteiger charge is -2.42. The molecular weight excluding hydrogens is 376 g/mol. The molecule has 0 saturated heterocycles. The van der Waals surface area contributed by atoms with E-state index >= 15 is 0 Å². The van der Waals surface area contributed by atoms with Crippen LogP contribution in [0.4, 0.5) is 0 Å². The first-order valence-electron chi connectivity index (χ1n) is 10.5. The molecule has 2 aliphatic rings. The van der Waals surface area contributed by atoms with Crippen LogP contribution in [0.25, 0.3) is 11.3 Å². The third-order valence-corrected chi connectivity index (χ3v) is 7.70. The Bertz CT molecular complexity index is 1100. The standard InChI is InChI=1S/C25H26N2OS/c1-27-23(28)21-22(26-24(27)29-17-18-10-4-2-5-11-18)20-13-7-6-12-19(20)16-25(21)14-8-3-9-15-25/h2,4-7,10-13H,3,8-9,14-17H2,1H3. The summed E-state index contributed by atoms with van der Waals surface area (Å²) in [5, 5.41) is 0.806. The van der Waals surface area contributed by atoms with Crippen LogP contribution in [0.5, 0.6) is 0 Å². The minimum absolute atomic E-state index is 0.0353. The van der Waals surface area contributed by atoms with Crippen molar-refractivity contribution in [2.24, 2.45) is 7.05 Å². The average Bonchev–Trinajstić information content (AvgIpc) is 2.76. The largest absolute Gasteiger partial charge is 0.290 e. The zero-order valence-electron chi connectivity index (χ0n) is 16.9. The summed E-state index contributed by atoms with van der Waals surface area (Å²) in [5.74, 6) is 0.812. The number of hydrogen-bond acceptors (Lipinski definition) is 3. The Kier molecular flexibility index (Phi) is 4.83. The van der Waals surface area contributed by atoms with Crippen molar-refractivity contribution in [1.82, 2.24) is 9.55 Å². The Morgan fingerprint density at radius 1 is 1.00 bits per heavy atom. The first kappa shape index (κ1) is 18.7. The Balaban J connectivity index is 1.64. The van der Waals surface area contributed by atoms with Crippen molar-refractivity contribution in [2.75, 3.05) is 0 Å². The van der Waals surface area contributed by atoms with Gasteiger partial charge in [-0.15, -0.1) is 0 Å². The second kappa shape index (κ2) is 7.49. The number of aromatic nitrogens is 2. The molecule has 29 heavy (non-hydrogen) atoms. The zero-order chi connectivity index (χ0) is 19.8. The van der Waals surface area contributed by atoms with Gasteiger partial charge in [0.2, 0.25) is 0 Å². The molecule has 1 heterocycles. The smallest absolute Gasteiger partial charge is 0.258 e. The van der Waals surface area contributed by atoms with E-state index in [1.807, 2.05) is 13.1 Å². The molecule has 0 unspecified atom stereocenters. The van der Waals surface area contributed by atoms with Crippen LogP contribution >= 0.6 is 11.8 Å². The van der Waals surface area contributed by atoms with Gasteiger partial charge < -0.3 is 0 Å². The number of thioether (sulfide) groups is 1. The Hall–Kier alpha value is -2.33. The van der Waals surface area contributed by atoms with Crippen molar-refractivity contribution in [3.8, 4) is 11.3 Å². The molecule has 5 rings (SSSR count). The van der Waals surface area contributed by atoms with Gasteiger partial charge in [-0.2, -0.15) is 0 Å². The quantitative estimate of drug-likeness (QED) is 0.429. The first-order valence-corrected chi connectivity index (χ1v) is 11.5. The maximum Gasteiger partial charge on any atom is 0.258 e. The molecule has 2 aromatic carbocycles. The maximum absolute atomic E-state index is 13.6. The summed E-state index contributed by atoms with van der Waals surface area (Å²) in [6.45, 7) is 0. The molecule has 2 aliphatic carbocycles. The Labute approximate surface area is 176 Å². The van der Waals surface area contributed by atoms with E-state index in [4.69, 9.17) is 4.98 Å². The van der Waals surface area contributed by atoms with E-state index in [2.05, 4.69) is 48.5 Å². The van der Waals surface area contributed by atoms with Crippen molar-refractivity contribution in [3.63, 3.8) is 0 Å². The predicted octanol–water partition coefficient (Wildman–Crippen LogP) is 5.50. The van der Waals surface area contributed by atoms with Crippen LogP contribution in [-0.2, 0) is 24.6 Å². The molecule has 0 bridgehead atoms. The van der Waals surface area contributed by atoms with E-state index < -0.39 is 0 Å². The molecular formula is C25H26N2OS. The van der Waals surface area contributed by atoms with Crippen LogP contribution in [-0.4, -0.2) is 9.55 Å². The van der Waals surface area contributed by atoms with Crippen LogP contribution in [0.2, 0.25) is 0 Å². The summed E-state index contributed by atoms with van der Waals surface area (Å²) in [7, 11) is 1.89. The number of benzene rings is 2. The molecule has 0 radical (unpaired) electrons. The highest BCUT2D eigenvalue weighted by Gasteiger charge is 2.43. The lowest BCUT2D eigenvalue weighted by molar-refractivity contribution is 0.283. The Morgan fingerprint density at radius 2 is 1.72 bits per heavy atom. The van der Waals surface area contributed by atoms with Crippen LogP contribution in [0.3, 0.4) is 0 Å². The van der Waals surface area contributed by atoms with Gasteiger partial charge in [-0.05, 0) is 30.4 Å². The fraction of sp³-hybridized carbons (Fsp3) is 0.360. The summed E-state index contributed by atoms with van der Waals surface area (Å²) in [4.78, 5) is 18.7. The van der Waals surface area contributed by atoms with Crippen molar-refractivity contribution in [1.29, 1.82) is 0 Å². The molecule has 1 saturated carbocycles. The van der Waals surface area contributed by atoms with Gasteiger partial charge in [-0.3, -0.25) is 9.36 Å². The maximum atomic E-state index is 13.6. The SMILES string of the molecule is Cn1c(SCc2ccccc2)nc2c(c1=O)C1(CCCCC1)Cc1ccccc1-2. The number of hydrogen-bond donors (Lipinski definition) is 0. The van der Waals surface area contributed by atoms with E-state index in [1.54, 1.807) is 16.3 Å². The van der Waals surface area contributed by atoms with Crippen molar-refractivity contribution in [2.45, 2.75) is 54.8 Å². The Morgan fingerprint density at radius 3 is 2.52 bits per heavy atom. The molecule has 0 aliphatic heterocycles. The van der Waals surface area contributed by atoms with Crippen molar-refractivity contribution in [3.05, 3.63) is 81.6 Å². The molecule has 3 aromatic rings. The zero-order valence-corrected chi connectivity index (χ0v) is 17.7. The van der Waals surface area contributed by atoms with E-state index in [9.17, 15) is 4.79 Å². The fourth-order valence-electron chi connectivity index (χ4n) is 5.12. The molecule has 4 heteroatoms. The van der Waals surface area contributed by atoms with Crippen molar-refractivity contribution < 1.29 is 0 Å². The molecule has 148 valence electrons. The summed E-state index contributed by atoms with van der Waals surface area (Å²) < 4.78 is 1.79. The lowest BCUT2D eigenvalue weighted by Crippen LogP contribution is -2.42. The highest BCUT2D eigenvalue weighted by Crippen LogP contribution is 2.48. The second-order valence-corrected chi connectivity index (χ2v) is 9.37. The van der Waals surface area contributed by atoms with Gasteiger partial charge in [0, 0.05) is 23.8 Å². The summed E-state index contributed by atoms with van der Waals surface area (Å²) >= 11 is 1.65. The summed E-state index contributed by atoms with van der Waals surface area (Å²) in [5.41, 5.74) is 5.77. The van der Waals surface area contributed by atoms with Crippen LogP contribution in [0, 0.1) is 0 Å². The normalized spacial score (nSPS) is 17.0. The third kappa shape index (κ3) is 3.24. The first-order chi connectivity index (χ1) is 14.2. The van der Waals surface area contributed by atoms with E-state index in [0.717, 1.165) is 47.0 Å². The van der Waals surface area contributed by atoms with Gasteiger partial charge in [0.15, 0.2) is 5.16 Å². The van der Waals surface area contributed by atoms with Crippen molar-refractivity contribution >= 4 is 11.8 Å². The van der Waals surface area contributed by atoms with E-state index in [1.165, 1.54) is 30.4 Å². The van der Waals surface area contributed by atoms with Gasteiger partial charge in [0.25, 0.3) is 5.56 Å². The molecule has 0 atom stereocenters. The molecule has 1 fully saturated rings. The average molecular weight is 403 g/mol. The monoisotopic (exact) mass is 402 g/mol. The minimum Gasteiger partial charge on any atom is -0.290 e. The van der Waals surface area contributed by atoms with Gasteiger partial charge in [-0.1, -0.05) is 85.6 Å². The fourth-order valence-corrected chi connectivity index (χ4v) is 6.04. The molecule has 0 N–H and O–H groups in total.